The number of anilines is 1. The monoisotopic (exact) mass is 422 g/mol. The highest BCUT2D eigenvalue weighted by atomic mass is 35.5. The highest BCUT2D eigenvalue weighted by molar-refractivity contribution is 7.10. The molecule has 0 unspecified atom stereocenters. The van der Waals surface area contributed by atoms with Gasteiger partial charge in [0.05, 0.1) is 17.6 Å². The lowest BCUT2D eigenvalue weighted by Gasteiger charge is -2.22. The van der Waals surface area contributed by atoms with Crippen molar-refractivity contribution in [2.45, 2.75) is 19.3 Å². The van der Waals surface area contributed by atoms with Crippen molar-refractivity contribution in [3.05, 3.63) is 69.1 Å². The Morgan fingerprint density at radius 1 is 1.24 bits per heavy atom. The van der Waals surface area contributed by atoms with Gasteiger partial charge in [-0.2, -0.15) is 14.9 Å². The molecule has 9 heteroatoms. The molecule has 0 spiro atoms. The highest BCUT2D eigenvalue weighted by Crippen LogP contribution is 2.41. The van der Waals surface area contributed by atoms with Gasteiger partial charge >= 0.3 is 0 Å². The fourth-order valence-electron chi connectivity index (χ4n) is 3.57. The van der Waals surface area contributed by atoms with Gasteiger partial charge in [-0.05, 0) is 30.5 Å². The van der Waals surface area contributed by atoms with E-state index in [0.29, 0.717) is 28.9 Å². The van der Waals surface area contributed by atoms with Gasteiger partial charge in [0.1, 0.15) is 5.82 Å². The summed E-state index contributed by atoms with van der Waals surface area (Å²) in [5.41, 5.74) is 3.33. The van der Waals surface area contributed by atoms with E-state index in [1.54, 1.807) is 34.3 Å². The Morgan fingerprint density at radius 3 is 2.83 bits per heavy atom. The van der Waals surface area contributed by atoms with Crippen molar-refractivity contribution >= 4 is 34.7 Å². The van der Waals surface area contributed by atoms with Crippen molar-refractivity contribution < 1.29 is 4.79 Å². The Hall–Kier alpha value is -3.10. The van der Waals surface area contributed by atoms with Gasteiger partial charge in [0.2, 0.25) is 5.91 Å². The van der Waals surface area contributed by atoms with E-state index < -0.39 is 0 Å². The number of halogens is 1. The molecule has 0 radical (unpaired) electrons. The van der Waals surface area contributed by atoms with Gasteiger partial charge in [0.15, 0.2) is 0 Å². The van der Waals surface area contributed by atoms with Gasteiger partial charge < -0.3 is 5.32 Å². The molecule has 0 saturated carbocycles. The summed E-state index contributed by atoms with van der Waals surface area (Å²) in [6.45, 7) is 1.93. The second kappa shape index (κ2) is 7.06. The molecule has 29 heavy (non-hydrogen) atoms. The fraction of sp³-hybridized carbons (Fsp3) is 0.150. The van der Waals surface area contributed by atoms with Gasteiger partial charge in [0.25, 0.3) is 5.95 Å². The Bertz CT molecular complexity index is 1200. The van der Waals surface area contributed by atoms with Crippen LogP contribution in [0.5, 0.6) is 0 Å². The van der Waals surface area contributed by atoms with E-state index in [1.165, 1.54) is 0 Å². The molecule has 0 bridgehead atoms. The van der Waals surface area contributed by atoms with Gasteiger partial charge in [-0.25, -0.2) is 4.98 Å². The maximum absolute atomic E-state index is 12.4. The Morgan fingerprint density at radius 2 is 2.07 bits per heavy atom. The largest absolute Gasteiger partial charge is 0.310 e. The second-order valence-electron chi connectivity index (χ2n) is 6.73. The van der Waals surface area contributed by atoms with Crippen molar-refractivity contribution in [3.8, 4) is 17.2 Å². The number of carbonyl (C=O) groups is 1. The lowest BCUT2D eigenvalue weighted by molar-refractivity contribution is -0.116. The molecule has 4 aromatic rings. The molecule has 1 aromatic carbocycles. The summed E-state index contributed by atoms with van der Waals surface area (Å²) in [5.74, 6) is 0.819. The first-order valence-corrected chi connectivity index (χ1v) is 10.2. The number of nitrogens with zero attached hydrogens (tertiary/aromatic N) is 5. The normalized spacial score (nSPS) is 15.8. The lowest BCUT2D eigenvalue weighted by atomic mass is 9.91. The van der Waals surface area contributed by atoms with E-state index >= 15 is 0 Å². The standard InChI is InChI=1S/C20H15ClN6OS/c1-11-18-14(16-3-2-8-29-16)9-17(28)24-19(18)27(26-11)20-23-15(10-22-25-20)12-4-6-13(21)7-5-12/h2-8,10,14H,9H2,1H3,(H,24,28)/t14-/m1/s1. The predicted octanol–water partition coefficient (Wildman–Crippen LogP) is 4.22. The highest BCUT2D eigenvalue weighted by Gasteiger charge is 2.33. The minimum absolute atomic E-state index is 0.0279. The van der Waals surface area contributed by atoms with E-state index in [2.05, 4.69) is 25.6 Å². The summed E-state index contributed by atoms with van der Waals surface area (Å²) in [7, 11) is 0. The molecule has 1 aliphatic rings. The lowest BCUT2D eigenvalue weighted by Crippen LogP contribution is -2.25. The van der Waals surface area contributed by atoms with Crippen LogP contribution in [-0.2, 0) is 4.79 Å². The molecule has 3 aromatic heterocycles. The van der Waals surface area contributed by atoms with Crippen LogP contribution in [0.1, 0.15) is 28.5 Å². The molecule has 5 rings (SSSR count). The predicted molar refractivity (Wildman–Crippen MR) is 112 cm³/mol. The van der Waals surface area contributed by atoms with E-state index in [1.807, 2.05) is 36.6 Å². The summed E-state index contributed by atoms with van der Waals surface area (Å²) in [6, 6.07) is 11.4. The number of aromatic nitrogens is 5. The van der Waals surface area contributed by atoms with Crippen LogP contribution in [0.15, 0.2) is 48.0 Å². The van der Waals surface area contributed by atoms with E-state index in [0.717, 1.165) is 21.7 Å². The summed E-state index contributed by atoms with van der Waals surface area (Å²) >= 11 is 7.61. The van der Waals surface area contributed by atoms with E-state index in [-0.39, 0.29) is 11.8 Å². The third-order valence-corrected chi connectivity index (χ3v) is 6.10. The minimum atomic E-state index is -0.0566. The molecule has 7 nitrogen and oxygen atoms in total. The number of carbonyl (C=O) groups excluding carboxylic acids is 1. The molecule has 4 heterocycles. The second-order valence-corrected chi connectivity index (χ2v) is 8.14. The van der Waals surface area contributed by atoms with Crippen molar-refractivity contribution in [1.82, 2.24) is 25.0 Å². The van der Waals surface area contributed by atoms with Crippen LogP contribution in [0.2, 0.25) is 5.02 Å². The molecule has 0 fully saturated rings. The van der Waals surface area contributed by atoms with Crippen LogP contribution < -0.4 is 5.32 Å². The van der Waals surface area contributed by atoms with E-state index in [4.69, 9.17) is 11.6 Å². The fourth-order valence-corrected chi connectivity index (χ4v) is 4.53. The number of fused-ring (bicyclic) bond motifs is 1. The number of hydrogen-bond acceptors (Lipinski definition) is 6. The smallest absolute Gasteiger partial charge is 0.272 e. The molecule has 1 N–H and O–H groups in total. The zero-order valence-corrected chi connectivity index (χ0v) is 16.9. The first-order chi connectivity index (χ1) is 14.1. The minimum Gasteiger partial charge on any atom is -0.310 e. The molecule has 1 atom stereocenters. The topological polar surface area (TPSA) is 85.6 Å². The number of amides is 1. The maximum Gasteiger partial charge on any atom is 0.272 e. The van der Waals surface area contributed by atoms with E-state index in [9.17, 15) is 4.79 Å². The number of thiophene rings is 1. The number of benzene rings is 1. The zero-order chi connectivity index (χ0) is 20.0. The summed E-state index contributed by atoms with van der Waals surface area (Å²) in [4.78, 5) is 18.2. The number of nitrogens with one attached hydrogen (secondary N) is 1. The van der Waals surface area contributed by atoms with Crippen molar-refractivity contribution in [1.29, 1.82) is 0 Å². The van der Waals surface area contributed by atoms with Crippen LogP contribution in [0.4, 0.5) is 5.82 Å². The summed E-state index contributed by atoms with van der Waals surface area (Å²) in [5, 5.41) is 18.5. The first kappa shape index (κ1) is 18.0. The summed E-state index contributed by atoms with van der Waals surface area (Å²) in [6.07, 6.45) is 1.98. The van der Waals surface area contributed by atoms with Crippen LogP contribution in [0, 0.1) is 6.92 Å². The zero-order valence-electron chi connectivity index (χ0n) is 15.3. The Kier molecular flexibility index (Phi) is 4.37. The molecule has 1 aliphatic heterocycles. The molecule has 0 aliphatic carbocycles. The Labute approximate surface area is 175 Å². The quantitative estimate of drug-likeness (QED) is 0.534. The average Bonchev–Trinajstić information content (AvgIpc) is 3.37. The van der Waals surface area contributed by atoms with Gasteiger partial charge in [0, 0.05) is 33.4 Å². The number of hydrogen-bond donors (Lipinski definition) is 1. The maximum atomic E-state index is 12.4. The molecule has 1 amide bonds. The third-order valence-electron chi connectivity index (χ3n) is 4.87. The van der Waals surface area contributed by atoms with Crippen LogP contribution in [0.25, 0.3) is 17.2 Å². The van der Waals surface area contributed by atoms with Crippen LogP contribution >= 0.6 is 22.9 Å². The summed E-state index contributed by atoms with van der Waals surface area (Å²) < 4.78 is 1.56. The van der Waals surface area contributed by atoms with Crippen LogP contribution in [0.3, 0.4) is 0 Å². The SMILES string of the molecule is Cc1nn(-c2nncc(-c3ccc(Cl)cc3)n2)c2c1[C@@H](c1cccs1)CC(=O)N2. The van der Waals surface area contributed by atoms with Crippen molar-refractivity contribution in [3.63, 3.8) is 0 Å². The first-order valence-electron chi connectivity index (χ1n) is 8.99. The average molecular weight is 423 g/mol. The molecular weight excluding hydrogens is 408 g/mol. The van der Waals surface area contributed by atoms with Crippen LogP contribution in [-0.4, -0.2) is 30.9 Å². The number of aryl methyl sites for hydroxylation is 1. The number of rotatable bonds is 3. The van der Waals surface area contributed by atoms with Gasteiger partial charge in [-0.15, -0.1) is 16.4 Å². The van der Waals surface area contributed by atoms with Gasteiger partial charge in [-0.3, -0.25) is 4.79 Å². The third kappa shape index (κ3) is 3.20. The van der Waals surface area contributed by atoms with Crippen molar-refractivity contribution in [2.24, 2.45) is 0 Å². The molecule has 0 saturated heterocycles. The molecule has 144 valence electrons. The van der Waals surface area contributed by atoms with Crippen molar-refractivity contribution in [2.75, 3.05) is 5.32 Å². The van der Waals surface area contributed by atoms with Gasteiger partial charge in [-0.1, -0.05) is 29.8 Å². The molecular formula is C20H15ClN6OS. The Balaban J connectivity index is 1.62.